The third-order valence-electron chi connectivity index (χ3n) is 3.59. The molecule has 0 bridgehead atoms. The Kier molecular flexibility index (Phi) is 6.19. The number of aryl methyl sites for hydroxylation is 1. The van der Waals surface area contributed by atoms with Gasteiger partial charge in [0.25, 0.3) is 0 Å². The molecule has 6 heteroatoms. The molecule has 25 heavy (non-hydrogen) atoms. The van der Waals surface area contributed by atoms with E-state index < -0.39 is 0 Å². The Hall–Kier alpha value is -2.18. The Labute approximate surface area is 155 Å². The van der Waals surface area contributed by atoms with Gasteiger partial charge in [-0.3, -0.25) is 4.79 Å². The maximum atomic E-state index is 12.0. The van der Waals surface area contributed by atoms with E-state index in [9.17, 15) is 4.79 Å². The molecule has 0 unspecified atom stereocenters. The van der Waals surface area contributed by atoms with Crippen LogP contribution in [0.15, 0.2) is 58.9 Å². The lowest BCUT2D eigenvalue weighted by molar-refractivity contribution is -0.118. The summed E-state index contributed by atoms with van der Waals surface area (Å²) in [6, 6.07) is 18.2. The zero-order chi connectivity index (χ0) is 17.5. The molecule has 2 aromatic carbocycles. The minimum atomic E-state index is 0.0215. The number of thioether (sulfide) groups is 1. The van der Waals surface area contributed by atoms with Gasteiger partial charge in [-0.25, -0.2) is 4.98 Å². The number of benzene rings is 2. The van der Waals surface area contributed by atoms with Crippen LogP contribution in [-0.4, -0.2) is 27.6 Å². The molecule has 1 aromatic heterocycles. The zero-order valence-electron chi connectivity index (χ0n) is 13.9. The molecular weight excluding hydrogens is 350 g/mol. The van der Waals surface area contributed by atoms with Crippen molar-refractivity contribution in [1.29, 1.82) is 0 Å². The smallest absolute Gasteiger partial charge is 0.230 e. The van der Waals surface area contributed by atoms with Gasteiger partial charge in [0.15, 0.2) is 10.2 Å². The van der Waals surface area contributed by atoms with Crippen LogP contribution >= 0.6 is 23.3 Å². The summed E-state index contributed by atoms with van der Waals surface area (Å²) >= 11 is 2.76. The summed E-state index contributed by atoms with van der Waals surface area (Å²) in [5, 5.41) is 2.94. The van der Waals surface area contributed by atoms with E-state index in [1.807, 2.05) is 43.3 Å². The van der Waals surface area contributed by atoms with Crippen LogP contribution < -0.4 is 5.32 Å². The number of rotatable bonds is 7. The van der Waals surface area contributed by atoms with Crippen molar-refractivity contribution in [3.8, 4) is 11.4 Å². The predicted molar refractivity (Wildman–Crippen MR) is 104 cm³/mol. The molecule has 1 heterocycles. The first kappa shape index (κ1) is 17.6. The molecule has 0 fully saturated rings. The summed E-state index contributed by atoms with van der Waals surface area (Å²) in [5.41, 5.74) is 3.41. The molecule has 1 N–H and O–H groups in total. The Morgan fingerprint density at radius 1 is 1.16 bits per heavy atom. The SMILES string of the molecule is Cc1cccc(-c2nsc(SCC(=O)NCCc3ccccc3)n2)c1. The standard InChI is InChI=1S/C19H19N3OS2/c1-14-6-5-9-16(12-14)18-21-19(25-22-18)24-13-17(23)20-11-10-15-7-3-2-4-8-15/h2-9,12H,10-11,13H2,1H3,(H,20,23). The maximum absolute atomic E-state index is 12.0. The monoisotopic (exact) mass is 369 g/mol. The van der Waals surface area contributed by atoms with Crippen LogP contribution in [0.2, 0.25) is 0 Å². The number of carbonyl (C=O) groups is 1. The molecule has 3 rings (SSSR count). The van der Waals surface area contributed by atoms with Crippen LogP contribution in [0.3, 0.4) is 0 Å². The van der Waals surface area contributed by atoms with Gasteiger partial charge in [0.05, 0.1) is 5.75 Å². The van der Waals surface area contributed by atoms with Crippen LogP contribution in [0, 0.1) is 6.92 Å². The molecule has 0 aliphatic rings. The molecule has 4 nitrogen and oxygen atoms in total. The number of hydrogen-bond acceptors (Lipinski definition) is 5. The summed E-state index contributed by atoms with van der Waals surface area (Å²) in [6.45, 7) is 2.69. The molecular formula is C19H19N3OS2. The lowest BCUT2D eigenvalue weighted by Gasteiger charge is -2.04. The van der Waals surface area contributed by atoms with Gasteiger partial charge in [-0.1, -0.05) is 65.9 Å². The minimum absolute atomic E-state index is 0.0215. The van der Waals surface area contributed by atoms with E-state index in [2.05, 4.69) is 32.9 Å². The van der Waals surface area contributed by atoms with Crippen molar-refractivity contribution in [2.24, 2.45) is 0 Å². The second kappa shape index (κ2) is 8.78. The van der Waals surface area contributed by atoms with E-state index in [-0.39, 0.29) is 5.91 Å². The number of aromatic nitrogens is 2. The Morgan fingerprint density at radius 3 is 2.80 bits per heavy atom. The van der Waals surface area contributed by atoms with Crippen molar-refractivity contribution in [2.75, 3.05) is 12.3 Å². The first-order chi connectivity index (χ1) is 12.2. The predicted octanol–water partition coefficient (Wildman–Crippen LogP) is 3.96. The van der Waals surface area contributed by atoms with Gasteiger partial charge in [-0.2, -0.15) is 4.37 Å². The molecule has 0 saturated heterocycles. The summed E-state index contributed by atoms with van der Waals surface area (Å²) in [7, 11) is 0. The maximum Gasteiger partial charge on any atom is 0.230 e. The molecule has 0 spiro atoms. The van der Waals surface area contributed by atoms with Crippen LogP contribution in [0.4, 0.5) is 0 Å². The molecule has 128 valence electrons. The highest BCUT2D eigenvalue weighted by Gasteiger charge is 2.09. The summed E-state index contributed by atoms with van der Waals surface area (Å²) in [6.07, 6.45) is 0.841. The molecule has 0 saturated carbocycles. The number of nitrogens with one attached hydrogen (secondary N) is 1. The number of carbonyl (C=O) groups excluding carboxylic acids is 1. The molecule has 3 aromatic rings. The van der Waals surface area contributed by atoms with Crippen LogP contribution in [0.5, 0.6) is 0 Å². The van der Waals surface area contributed by atoms with Crippen molar-refractivity contribution in [3.63, 3.8) is 0 Å². The second-order valence-corrected chi connectivity index (χ2v) is 7.60. The highest BCUT2D eigenvalue weighted by atomic mass is 32.2. The van der Waals surface area contributed by atoms with Crippen molar-refractivity contribution >= 4 is 29.2 Å². The van der Waals surface area contributed by atoms with E-state index in [0.29, 0.717) is 12.3 Å². The number of amides is 1. The van der Waals surface area contributed by atoms with Crippen LogP contribution in [0.25, 0.3) is 11.4 Å². The van der Waals surface area contributed by atoms with E-state index >= 15 is 0 Å². The van der Waals surface area contributed by atoms with Gasteiger partial charge in [-0.05, 0) is 36.5 Å². The summed E-state index contributed by atoms with van der Waals surface area (Å²) in [4.78, 5) is 16.5. The zero-order valence-corrected chi connectivity index (χ0v) is 15.6. The normalized spacial score (nSPS) is 10.6. The van der Waals surface area contributed by atoms with Gasteiger partial charge in [-0.15, -0.1) is 0 Å². The van der Waals surface area contributed by atoms with E-state index in [1.165, 1.54) is 34.4 Å². The lowest BCUT2D eigenvalue weighted by Crippen LogP contribution is -2.27. The summed E-state index contributed by atoms with van der Waals surface area (Å²) in [5.74, 6) is 1.10. The highest BCUT2D eigenvalue weighted by molar-refractivity contribution is 8.01. The van der Waals surface area contributed by atoms with Gasteiger partial charge >= 0.3 is 0 Å². The van der Waals surface area contributed by atoms with Gasteiger partial charge in [0.2, 0.25) is 5.91 Å². The summed E-state index contributed by atoms with van der Waals surface area (Å²) < 4.78 is 5.20. The molecule has 0 aliphatic heterocycles. The Bertz CT molecular complexity index is 833. The third-order valence-corrected chi connectivity index (χ3v) is 5.42. The van der Waals surface area contributed by atoms with Gasteiger partial charge in [0, 0.05) is 12.1 Å². The average Bonchev–Trinajstić information content (AvgIpc) is 3.10. The van der Waals surface area contributed by atoms with Gasteiger partial charge < -0.3 is 5.32 Å². The van der Waals surface area contributed by atoms with Crippen molar-refractivity contribution in [3.05, 3.63) is 65.7 Å². The van der Waals surface area contributed by atoms with Crippen molar-refractivity contribution in [2.45, 2.75) is 17.7 Å². The Morgan fingerprint density at radius 2 is 2.00 bits per heavy atom. The largest absolute Gasteiger partial charge is 0.355 e. The molecule has 1 amide bonds. The van der Waals surface area contributed by atoms with Crippen molar-refractivity contribution < 1.29 is 4.79 Å². The molecule has 0 atom stereocenters. The van der Waals surface area contributed by atoms with E-state index in [0.717, 1.165) is 22.1 Å². The third kappa shape index (κ3) is 5.41. The van der Waals surface area contributed by atoms with E-state index in [4.69, 9.17) is 0 Å². The fourth-order valence-corrected chi connectivity index (χ4v) is 3.78. The fourth-order valence-electron chi connectivity index (χ4n) is 2.34. The molecule has 0 aliphatic carbocycles. The first-order valence-electron chi connectivity index (χ1n) is 8.05. The average molecular weight is 370 g/mol. The van der Waals surface area contributed by atoms with E-state index in [1.54, 1.807) is 0 Å². The first-order valence-corrected chi connectivity index (χ1v) is 9.81. The minimum Gasteiger partial charge on any atom is -0.355 e. The van der Waals surface area contributed by atoms with Crippen molar-refractivity contribution in [1.82, 2.24) is 14.7 Å². The lowest BCUT2D eigenvalue weighted by atomic mass is 10.1. The second-order valence-electron chi connectivity index (χ2n) is 5.63. The number of hydrogen-bond donors (Lipinski definition) is 1. The fraction of sp³-hybridized carbons (Fsp3) is 0.211. The van der Waals surface area contributed by atoms with Crippen LogP contribution in [-0.2, 0) is 11.2 Å². The number of nitrogens with zero attached hydrogens (tertiary/aromatic N) is 2. The topological polar surface area (TPSA) is 54.9 Å². The quantitative estimate of drug-likeness (QED) is 0.641. The molecule has 0 radical (unpaired) electrons. The van der Waals surface area contributed by atoms with Crippen LogP contribution in [0.1, 0.15) is 11.1 Å². The Balaban J connectivity index is 1.45. The van der Waals surface area contributed by atoms with Gasteiger partial charge in [0.1, 0.15) is 0 Å². The highest BCUT2D eigenvalue weighted by Crippen LogP contribution is 2.25.